The zero-order valence-corrected chi connectivity index (χ0v) is 24.2. The second-order valence-corrected chi connectivity index (χ2v) is 15.4. The number of piperidine rings is 1. The maximum absolute atomic E-state index is 13.2. The van der Waals surface area contributed by atoms with Crippen molar-refractivity contribution in [2.75, 3.05) is 50.4 Å². The summed E-state index contributed by atoms with van der Waals surface area (Å²) in [5, 5.41) is 0.735. The molecular formula is C26H32N4O5S3. The van der Waals surface area contributed by atoms with Crippen LogP contribution in [0.2, 0.25) is 0 Å². The molecule has 2 aliphatic heterocycles. The van der Waals surface area contributed by atoms with E-state index in [1.165, 1.54) is 29.7 Å². The third-order valence-electron chi connectivity index (χ3n) is 7.18. The van der Waals surface area contributed by atoms with Gasteiger partial charge in [-0.25, -0.2) is 21.8 Å². The number of benzene rings is 2. The van der Waals surface area contributed by atoms with Crippen LogP contribution in [0, 0.1) is 11.8 Å². The highest BCUT2D eigenvalue weighted by molar-refractivity contribution is 7.91. The molecule has 2 aliphatic rings. The van der Waals surface area contributed by atoms with Crippen molar-refractivity contribution in [1.82, 2.24) is 14.2 Å². The first kappa shape index (κ1) is 27.0. The fourth-order valence-electron chi connectivity index (χ4n) is 5.35. The lowest BCUT2D eigenvalue weighted by Crippen LogP contribution is -2.48. The number of rotatable bonds is 5. The predicted molar refractivity (Wildman–Crippen MR) is 149 cm³/mol. The largest absolute Gasteiger partial charge is 0.345 e. The van der Waals surface area contributed by atoms with E-state index >= 15 is 0 Å². The smallest absolute Gasteiger partial charge is 0.253 e. The molecule has 1 amide bonds. The molecule has 2 saturated heterocycles. The molecule has 0 spiro atoms. The van der Waals surface area contributed by atoms with Crippen LogP contribution in [0.1, 0.15) is 30.6 Å². The number of anilines is 1. The number of hydrogen-bond donors (Lipinski definition) is 0. The van der Waals surface area contributed by atoms with Crippen molar-refractivity contribution < 1.29 is 21.6 Å². The van der Waals surface area contributed by atoms with Crippen LogP contribution in [-0.2, 0) is 19.9 Å². The number of amides is 1. The summed E-state index contributed by atoms with van der Waals surface area (Å²) in [6.45, 7) is 7.28. The normalized spacial score (nSPS) is 21.7. The van der Waals surface area contributed by atoms with Crippen molar-refractivity contribution in [1.29, 1.82) is 0 Å². The average molecular weight is 577 g/mol. The van der Waals surface area contributed by atoms with E-state index < -0.39 is 19.9 Å². The Balaban J connectivity index is 1.25. The number of thiazole rings is 1. The minimum Gasteiger partial charge on any atom is -0.345 e. The predicted octanol–water partition coefficient (Wildman–Crippen LogP) is 3.33. The van der Waals surface area contributed by atoms with Crippen LogP contribution in [0.25, 0.3) is 10.2 Å². The molecule has 2 unspecified atom stereocenters. The Morgan fingerprint density at radius 1 is 0.921 bits per heavy atom. The molecule has 0 radical (unpaired) electrons. The molecule has 3 aromatic rings. The summed E-state index contributed by atoms with van der Waals surface area (Å²) in [7, 11) is -6.99. The average Bonchev–Trinajstić information content (AvgIpc) is 3.32. The number of hydrogen-bond acceptors (Lipinski definition) is 8. The van der Waals surface area contributed by atoms with Gasteiger partial charge in [0.15, 0.2) is 15.0 Å². The van der Waals surface area contributed by atoms with Gasteiger partial charge in [-0.05, 0) is 54.7 Å². The lowest BCUT2D eigenvalue weighted by molar-refractivity contribution is 0.0746. The van der Waals surface area contributed by atoms with E-state index in [-0.39, 0.29) is 15.7 Å². The highest BCUT2D eigenvalue weighted by atomic mass is 32.2. The lowest BCUT2D eigenvalue weighted by Gasteiger charge is -2.35. The number of carbonyl (C=O) groups excluding carboxylic acids is 1. The molecule has 12 heteroatoms. The molecule has 38 heavy (non-hydrogen) atoms. The number of nitrogens with zero attached hydrogens (tertiary/aromatic N) is 4. The van der Waals surface area contributed by atoms with Crippen LogP contribution >= 0.6 is 11.3 Å². The van der Waals surface area contributed by atoms with Crippen molar-refractivity contribution >= 4 is 52.5 Å². The number of sulfonamides is 1. The topological polar surface area (TPSA) is 108 Å². The summed E-state index contributed by atoms with van der Waals surface area (Å²) in [4.78, 5) is 22.0. The number of fused-ring (bicyclic) bond motifs is 1. The van der Waals surface area contributed by atoms with E-state index in [1.807, 2.05) is 6.07 Å². The van der Waals surface area contributed by atoms with Gasteiger partial charge in [0, 0.05) is 51.1 Å². The van der Waals surface area contributed by atoms with E-state index in [4.69, 9.17) is 0 Å². The molecule has 3 heterocycles. The van der Waals surface area contributed by atoms with Gasteiger partial charge in [0.05, 0.1) is 14.5 Å². The second-order valence-electron chi connectivity index (χ2n) is 10.4. The van der Waals surface area contributed by atoms with Crippen molar-refractivity contribution in [3.05, 3.63) is 48.0 Å². The molecular weight excluding hydrogens is 545 g/mol. The van der Waals surface area contributed by atoms with Gasteiger partial charge in [0.2, 0.25) is 10.0 Å². The van der Waals surface area contributed by atoms with Gasteiger partial charge in [0.25, 0.3) is 5.91 Å². The molecule has 9 nitrogen and oxygen atoms in total. The summed E-state index contributed by atoms with van der Waals surface area (Å²) >= 11 is 1.44. The molecule has 2 atom stereocenters. The Bertz CT molecular complexity index is 1550. The third kappa shape index (κ3) is 5.31. The third-order valence-corrected chi connectivity index (χ3v) is 11.2. The summed E-state index contributed by atoms with van der Waals surface area (Å²) in [6.07, 6.45) is 2.20. The van der Waals surface area contributed by atoms with Crippen LogP contribution in [0.5, 0.6) is 0 Å². The van der Waals surface area contributed by atoms with E-state index in [9.17, 15) is 21.6 Å². The number of piperazine rings is 1. The Labute approximate surface area is 228 Å². The quantitative estimate of drug-likeness (QED) is 0.459. The van der Waals surface area contributed by atoms with Gasteiger partial charge in [-0.15, -0.1) is 0 Å². The molecule has 0 bridgehead atoms. The van der Waals surface area contributed by atoms with Crippen LogP contribution in [0.15, 0.2) is 52.3 Å². The van der Waals surface area contributed by atoms with Crippen molar-refractivity contribution in [2.45, 2.75) is 30.1 Å². The van der Waals surface area contributed by atoms with E-state index in [1.54, 1.807) is 33.5 Å². The number of para-hydroxylation sites is 1. The van der Waals surface area contributed by atoms with Gasteiger partial charge in [-0.2, -0.15) is 4.31 Å². The van der Waals surface area contributed by atoms with E-state index in [0.29, 0.717) is 62.2 Å². The summed E-state index contributed by atoms with van der Waals surface area (Å²) in [6, 6.07) is 11.4. The molecule has 0 saturated carbocycles. The molecule has 204 valence electrons. The van der Waals surface area contributed by atoms with E-state index in [2.05, 4.69) is 23.7 Å². The second kappa shape index (κ2) is 10.2. The van der Waals surface area contributed by atoms with Crippen molar-refractivity contribution in [2.24, 2.45) is 11.8 Å². The van der Waals surface area contributed by atoms with Gasteiger partial charge < -0.3 is 9.80 Å². The highest BCUT2D eigenvalue weighted by Crippen LogP contribution is 2.33. The SMILES string of the molecule is CC1CC(C)CN(S(=O)(=O)c2ccc(C(=O)N3CCN(c4nc5c(S(C)(=O)=O)cccc5s4)CC3)cc2)C1. The lowest BCUT2D eigenvalue weighted by atomic mass is 9.94. The first-order valence-corrected chi connectivity index (χ1v) is 16.8. The van der Waals surface area contributed by atoms with Crippen LogP contribution in [0.3, 0.4) is 0 Å². The van der Waals surface area contributed by atoms with Crippen molar-refractivity contribution in [3.63, 3.8) is 0 Å². The number of sulfone groups is 1. The zero-order chi connectivity index (χ0) is 27.2. The van der Waals surface area contributed by atoms with Crippen LogP contribution in [0.4, 0.5) is 5.13 Å². The minimum atomic E-state index is -3.60. The summed E-state index contributed by atoms with van der Waals surface area (Å²) < 4.78 is 53.0. The highest BCUT2D eigenvalue weighted by Gasteiger charge is 2.32. The monoisotopic (exact) mass is 576 g/mol. The zero-order valence-electron chi connectivity index (χ0n) is 21.7. The Hall–Kier alpha value is -2.54. The van der Waals surface area contributed by atoms with Gasteiger partial charge >= 0.3 is 0 Å². The fourth-order valence-corrected chi connectivity index (χ4v) is 8.97. The fraction of sp³-hybridized carbons (Fsp3) is 0.462. The van der Waals surface area contributed by atoms with Gasteiger partial charge in [0.1, 0.15) is 5.52 Å². The standard InChI is InChI=1S/C26H32N4O5S3/c1-18-15-19(2)17-30(16-18)38(34,35)21-9-7-20(8-10-21)25(31)28-11-13-29(14-12-28)26-27-24-22(36-26)5-4-6-23(24)37(3,32)33/h4-10,18-19H,11-17H2,1-3H3. The maximum Gasteiger partial charge on any atom is 0.253 e. The molecule has 5 rings (SSSR count). The van der Waals surface area contributed by atoms with Gasteiger partial charge in [-0.1, -0.05) is 31.3 Å². The summed E-state index contributed by atoms with van der Waals surface area (Å²) in [5.74, 6) is 0.493. The molecule has 1 aromatic heterocycles. The molecule has 2 fully saturated rings. The molecule has 2 aromatic carbocycles. The Morgan fingerprint density at radius 2 is 1.55 bits per heavy atom. The first-order chi connectivity index (χ1) is 17.9. The van der Waals surface area contributed by atoms with E-state index in [0.717, 1.165) is 16.3 Å². The summed E-state index contributed by atoms with van der Waals surface area (Å²) in [5.41, 5.74) is 0.938. The number of aromatic nitrogens is 1. The molecule has 0 N–H and O–H groups in total. The Morgan fingerprint density at radius 3 is 2.16 bits per heavy atom. The first-order valence-electron chi connectivity index (χ1n) is 12.7. The molecule has 0 aliphatic carbocycles. The number of carbonyl (C=O) groups is 1. The Kier molecular flexibility index (Phi) is 7.27. The van der Waals surface area contributed by atoms with Gasteiger partial charge in [-0.3, -0.25) is 4.79 Å². The minimum absolute atomic E-state index is 0.141. The van der Waals surface area contributed by atoms with Crippen molar-refractivity contribution in [3.8, 4) is 0 Å². The maximum atomic E-state index is 13.2. The van der Waals surface area contributed by atoms with Crippen LogP contribution in [-0.4, -0.2) is 82.5 Å². The van der Waals surface area contributed by atoms with Crippen LogP contribution < -0.4 is 4.90 Å².